The Kier molecular flexibility index (Phi) is 5.29. The van der Waals surface area contributed by atoms with Gasteiger partial charge in [0.25, 0.3) is 0 Å². The summed E-state index contributed by atoms with van der Waals surface area (Å²) in [6, 6.07) is 19.8. The van der Waals surface area contributed by atoms with E-state index >= 15 is 0 Å². The summed E-state index contributed by atoms with van der Waals surface area (Å²) in [7, 11) is 0. The predicted octanol–water partition coefficient (Wildman–Crippen LogP) is 5.06. The molecular weight excluding hydrogens is 320 g/mol. The van der Waals surface area contributed by atoms with Crippen LogP contribution in [0, 0.1) is 0 Å². The summed E-state index contributed by atoms with van der Waals surface area (Å²) in [6.07, 6.45) is 8.63. The summed E-state index contributed by atoms with van der Waals surface area (Å²) >= 11 is 0. The minimum Gasteiger partial charge on any atom is -0.361 e. The highest BCUT2D eigenvalue weighted by Crippen LogP contribution is 2.33. The van der Waals surface area contributed by atoms with Gasteiger partial charge in [-0.1, -0.05) is 61.7 Å². The first kappa shape index (κ1) is 16.8. The van der Waals surface area contributed by atoms with Gasteiger partial charge >= 0.3 is 0 Å². The lowest BCUT2D eigenvalue weighted by Crippen LogP contribution is -2.22. The lowest BCUT2D eigenvalue weighted by molar-refractivity contribution is 0.443. The van der Waals surface area contributed by atoms with E-state index in [0.717, 1.165) is 24.7 Å². The maximum Gasteiger partial charge on any atom is 0.102 e. The van der Waals surface area contributed by atoms with Gasteiger partial charge in [0.15, 0.2) is 0 Å². The van der Waals surface area contributed by atoms with Crippen molar-refractivity contribution in [3.63, 3.8) is 0 Å². The topological polar surface area (TPSA) is 44.8 Å². The second kappa shape index (κ2) is 8.17. The van der Waals surface area contributed by atoms with Gasteiger partial charge in [-0.2, -0.15) is 15.4 Å². The molecule has 26 heavy (non-hydrogen) atoms. The Bertz CT molecular complexity index is 775. The van der Waals surface area contributed by atoms with Gasteiger partial charge in [0.05, 0.1) is 12.7 Å². The fraction of sp³-hybridized carbons (Fsp3) is 0.364. The number of nitrogens with zero attached hydrogens (tertiary/aromatic N) is 3. The molecule has 1 heterocycles. The van der Waals surface area contributed by atoms with Gasteiger partial charge in [0.2, 0.25) is 0 Å². The van der Waals surface area contributed by atoms with Crippen LogP contribution < -0.4 is 4.90 Å². The number of rotatable bonds is 6. The molecular formula is C22H26N4. The average molecular weight is 346 g/mol. The SMILES string of the molecule is c1ccc(CN(Cc2cn[nH]n2)c2ccc(C3CCCCC3)cc2)cc1. The predicted molar refractivity (Wildman–Crippen MR) is 105 cm³/mol. The molecule has 4 nitrogen and oxygen atoms in total. The summed E-state index contributed by atoms with van der Waals surface area (Å²) in [5, 5.41) is 10.9. The highest BCUT2D eigenvalue weighted by Gasteiger charge is 2.16. The molecule has 1 fully saturated rings. The molecule has 4 rings (SSSR count). The number of aromatic amines is 1. The van der Waals surface area contributed by atoms with E-state index in [1.54, 1.807) is 6.20 Å². The summed E-state index contributed by atoms with van der Waals surface area (Å²) in [4.78, 5) is 2.36. The van der Waals surface area contributed by atoms with Crippen LogP contribution in [0.5, 0.6) is 0 Å². The normalized spacial score (nSPS) is 15.1. The molecule has 0 saturated heterocycles. The standard InChI is InChI=1S/C22H26N4/c1-3-7-18(8-4-1)16-26(17-21-15-23-25-24-21)22-13-11-20(12-14-22)19-9-5-2-6-10-19/h1,3-4,7-8,11-15,19H,2,5-6,9-10,16-17H2,(H,23,24,25). The van der Waals surface area contributed by atoms with E-state index in [1.165, 1.54) is 48.9 Å². The van der Waals surface area contributed by atoms with Gasteiger partial charge in [-0.3, -0.25) is 0 Å². The first-order valence-corrected chi connectivity index (χ1v) is 9.62. The summed E-state index contributed by atoms with van der Waals surface area (Å²) in [6.45, 7) is 1.60. The zero-order valence-corrected chi connectivity index (χ0v) is 15.1. The molecule has 134 valence electrons. The van der Waals surface area contributed by atoms with E-state index in [2.05, 4.69) is 74.9 Å². The number of hydrogen-bond donors (Lipinski definition) is 1. The first-order valence-electron chi connectivity index (χ1n) is 9.62. The number of H-pyrrole nitrogens is 1. The Morgan fingerprint density at radius 1 is 0.885 bits per heavy atom. The molecule has 1 N–H and O–H groups in total. The van der Waals surface area contributed by atoms with Gasteiger partial charge in [-0.25, -0.2) is 0 Å². The molecule has 0 unspecified atom stereocenters. The monoisotopic (exact) mass is 346 g/mol. The zero-order valence-electron chi connectivity index (χ0n) is 15.1. The zero-order chi connectivity index (χ0) is 17.6. The highest BCUT2D eigenvalue weighted by atomic mass is 15.3. The third-order valence-corrected chi connectivity index (χ3v) is 5.37. The second-order valence-corrected chi connectivity index (χ2v) is 7.23. The molecule has 3 aromatic rings. The molecule has 0 amide bonds. The molecule has 0 atom stereocenters. The van der Waals surface area contributed by atoms with E-state index in [1.807, 2.05) is 0 Å². The smallest absolute Gasteiger partial charge is 0.102 e. The molecule has 1 aliphatic rings. The molecule has 0 bridgehead atoms. The van der Waals surface area contributed by atoms with Crippen molar-refractivity contribution in [3.8, 4) is 0 Å². The van der Waals surface area contributed by atoms with Crippen molar-refractivity contribution < 1.29 is 0 Å². The lowest BCUT2D eigenvalue weighted by atomic mass is 9.84. The maximum absolute atomic E-state index is 4.24. The van der Waals surface area contributed by atoms with Crippen LogP contribution in [0.1, 0.15) is 54.8 Å². The van der Waals surface area contributed by atoms with Crippen molar-refractivity contribution in [3.05, 3.63) is 77.6 Å². The maximum atomic E-state index is 4.24. The fourth-order valence-corrected chi connectivity index (χ4v) is 3.93. The quantitative estimate of drug-likeness (QED) is 0.678. The lowest BCUT2D eigenvalue weighted by Gasteiger charge is -2.26. The Labute approximate surface area is 155 Å². The third-order valence-electron chi connectivity index (χ3n) is 5.37. The Balaban J connectivity index is 1.54. The molecule has 1 saturated carbocycles. The minimum absolute atomic E-state index is 0.744. The van der Waals surface area contributed by atoms with Crippen LogP contribution in [0.15, 0.2) is 60.8 Å². The molecule has 1 aliphatic carbocycles. The molecule has 0 spiro atoms. The van der Waals surface area contributed by atoms with Crippen molar-refractivity contribution >= 4 is 5.69 Å². The van der Waals surface area contributed by atoms with E-state index in [-0.39, 0.29) is 0 Å². The van der Waals surface area contributed by atoms with Crippen molar-refractivity contribution in [2.75, 3.05) is 4.90 Å². The van der Waals surface area contributed by atoms with E-state index in [9.17, 15) is 0 Å². The number of hydrogen-bond acceptors (Lipinski definition) is 3. The average Bonchev–Trinajstić information content (AvgIpc) is 3.22. The molecule has 0 aliphatic heterocycles. The summed E-state index contributed by atoms with van der Waals surface area (Å²) < 4.78 is 0. The van der Waals surface area contributed by atoms with E-state index < -0.39 is 0 Å². The van der Waals surface area contributed by atoms with Crippen LogP contribution >= 0.6 is 0 Å². The Morgan fingerprint density at radius 2 is 1.65 bits per heavy atom. The van der Waals surface area contributed by atoms with Crippen LogP contribution in [0.2, 0.25) is 0 Å². The van der Waals surface area contributed by atoms with E-state index in [4.69, 9.17) is 0 Å². The van der Waals surface area contributed by atoms with Gasteiger partial charge in [-0.15, -0.1) is 0 Å². The highest BCUT2D eigenvalue weighted by molar-refractivity contribution is 5.49. The largest absolute Gasteiger partial charge is 0.361 e. The number of nitrogens with one attached hydrogen (secondary N) is 1. The number of aromatic nitrogens is 3. The third kappa shape index (κ3) is 4.13. The van der Waals surface area contributed by atoms with Crippen LogP contribution in [0.3, 0.4) is 0 Å². The molecule has 1 aromatic heterocycles. The molecule has 0 radical (unpaired) electrons. The van der Waals surface area contributed by atoms with E-state index in [0.29, 0.717) is 0 Å². The minimum atomic E-state index is 0.744. The number of anilines is 1. The van der Waals surface area contributed by atoms with Gasteiger partial charge in [-0.05, 0) is 42.0 Å². The van der Waals surface area contributed by atoms with Crippen LogP contribution in [-0.4, -0.2) is 15.4 Å². The van der Waals surface area contributed by atoms with Crippen molar-refractivity contribution in [1.29, 1.82) is 0 Å². The number of benzene rings is 2. The van der Waals surface area contributed by atoms with Crippen molar-refractivity contribution in [1.82, 2.24) is 15.4 Å². The Hall–Kier alpha value is -2.62. The summed E-state index contributed by atoms with van der Waals surface area (Å²) in [5.74, 6) is 0.746. The second-order valence-electron chi connectivity index (χ2n) is 7.23. The Morgan fingerprint density at radius 3 is 2.35 bits per heavy atom. The first-order chi connectivity index (χ1) is 12.9. The van der Waals surface area contributed by atoms with Gasteiger partial charge < -0.3 is 4.90 Å². The van der Waals surface area contributed by atoms with Crippen LogP contribution in [0.4, 0.5) is 5.69 Å². The van der Waals surface area contributed by atoms with Crippen molar-refractivity contribution in [2.24, 2.45) is 0 Å². The van der Waals surface area contributed by atoms with Gasteiger partial charge in [0, 0.05) is 12.2 Å². The van der Waals surface area contributed by atoms with Crippen LogP contribution in [-0.2, 0) is 13.1 Å². The molecule has 2 aromatic carbocycles. The van der Waals surface area contributed by atoms with Crippen LogP contribution in [0.25, 0.3) is 0 Å². The fourth-order valence-electron chi connectivity index (χ4n) is 3.93. The molecule has 4 heteroatoms. The summed E-state index contributed by atoms with van der Waals surface area (Å²) in [5.41, 5.74) is 4.98. The van der Waals surface area contributed by atoms with Crippen molar-refractivity contribution in [2.45, 2.75) is 51.1 Å². The van der Waals surface area contributed by atoms with Gasteiger partial charge in [0.1, 0.15) is 5.69 Å².